The first-order chi connectivity index (χ1) is 13.6. The Kier molecular flexibility index (Phi) is 5.38. The Morgan fingerprint density at radius 1 is 1.21 bits per heavy atom. The van der Waals surface area contributed by atoms with Crippen LogP contribution in [0.1, 0.15) is 63.7 Å². The van der Waals surface area contributed by atoms with Crippen LogP contribution < -0.4 is 4.74 Å². The van der Waals surface area contributed by atoms with Crippen LogP contribution in [0.5, 0.6) is 5.75 Å². The maximum Gasteiger partial charge on any atom is 0.260 e. The van der Waals surface area contributed by atoms with Crippen molar-refractivity contribution in [2.24, 2.45) is 5.41 Å². The summed E-state index contributed by atoms with van der Waals surface area (Å²) in [6.07, 6.45) is 7.90. The van der Waals surface area contributed by atoms with Gasteiger partial charge in [-0.2, -0.15) is 0 Å². The Hall–Kier alpha value is -2.37. The molecule has 1 saturated carbocycles. The SMILES string of the molecule is CC(C)n1cnnc1C1CN(C(=O)COc2ccccc2)CC12CCCCC2. The molecule has 28 heavy (non-hydrogen) atoms. The molecule has 1 saturated heterocycles. The molecular formula is C22H30N4O2. The number of aromatic nitrogens is 3. The summed E-state index contributed by atoms with van der Waals surface area (Å²) in [4.78, 5) is 14.9. The number of para-hydroxylation sites is 1. The van der Waals surface area contributed by atoms with E-state index in [1.54, 1.807) is 0 Å². The molecule has 0 N–H and O–H groups in total. The maximum absolute atomic E-state index is 12.9. The molecule has 6 heteroatoms. The first-order valence-electron chi connectivity index (χ1n) is 10.4. The second kappa shape index (κ2) is 7.94. The van der Waals surface area contributed by atoms with Crippen molar-refractivity contribution in [2.75, 3.05) is 19.7 Å². The van der Waals surface area contributed by atoms with E-state index in [-0.39, 0.29) is 23.8 Å². The topological polar surface area (TPSA) is 60.2 Å². The van der Waals surface area contributed by atoms with Crippen LogP contribution in [0.4, 0.5) is 0 Å². The van der Waals surface area contributed by atoms with E-state index < -0.39 is 0 Å². The molecule has 6 nitrogen and oxygen atoms in total. The average molecular weight is 383 g/mol. The number of carbonyl (C=O) groups is 1. The van der Waals surface area contributed by atoms with Crippen molar-refractivity contribution in [1.29, 1.82) is 0 Å². The van der Waals surface area contributed by atoms with Crippen molar-refractivity contribution in [3.63, 3.8) is 0 Å². The molecule has 0 radical (unpaired) electrons. The molecule has 0 bridgehead atoms. The molecule has 2 aromatic rings. The lowest BCUT2D eigenvalue weighted by Gasteiger charge is -2.37. The van der Waals surface area contributed by atoms with E-state index >= 15 is 0 Å². The number of carbonyl (C=O) groups excluding carboxylic acids is 1. The van der Waals surface area contributed by atoms with Gasteiger partial charge in [0.05, 0.1) is 0 Å². The van der Waals surface area contributed by atoms with Gasteiger partial charge in [-0.05, 0) is 44.2 Å². The summed E-state index contributed by atoms with van der Waals surface area (Å²) in [6, 6.07) is 9.86. The normalized spacial score (nSPS) is 21.4. The van der Waals surface area contributed by atoms with Gasteiger partial charge in [0.25, 0.3) is 5.91 Å². The van der Waals surface area contributed by atoms with Crippen molar-refractivity contribution in [3.05, 3.63) is 42.5 Å². The van der Waals surface area contributed by atoms with Crippen molar-refractivity contribution >= 4 is 5.91 Å². The van der Waals surface area contributed by atoms with Gasteiger partial charge in [-0.1, -0.05) is 37.5 Å². The zero-order chi connectivity index (χ0) is 19.6. The fourth-order valence-corrected chi connectivity index (χ4v) is 4.93. The van der Waals surface area contributed by atoms with Gasteiger partial charge in [0.1, 0.15) is 17.9 Å². The first kappa shape index (κ1) is 19.0. The zero-order valence-electron chi connectivity index (χ0n) is 16.9. The highest BCUT2D eigenvalue weighted by molar-refractivity contribution is 5.78. The molecule has 4 rings (SSSR count). The Bertz CT molecular complexity index is 796. The van der Waals surface area contributed by atoms with Crippen molar-refractivity contribution in [1.82, 2.24) is 19.7 Å². The van der Waals surface area contributed by atoms with E-state index in [1.165, 1.54) is 19.3 Å². The third kappa shape index (κ3) is 3.64. The Morgan fingerprint density at radius 2 is 1.96 bits per heavy atom. The predicted molar refractivity (Wildman–Crippen MR) is 107 cm³/mol. The van der Waals surface area contributed by atoms with Crippen molar-refractivity contribution in [3.8, 4) is 5.75 Å². The average Bonchev–Trinajstić information content (AvgIpc) is 3.33. The molecule has 1 unspecified atom stereocenters. The monoisotopic (exact) mass is 382 g/mol. The predicted octanol–water partition coefficient (Wildman–Crippen LogP) is 3.81. The van der Waals surface area contributed by atoms with Crippen LogP contribution in [-0.4, -0.2) is 45.3 Å². The number of nitrogens with zero attached hydrogens (tertiary/aromatic N) is 4. The molecule has 1 spiro atoms. The summed E-state index contributed by atoms with van der Waals surface area (Å²) in [6.45, 7) is 5.92. The van der Waals surface area contributed by atoms with E-state index in [0.717, 1.165) is 31.0 Å². The first-order valence-corrected chi connectivity index (χ1v) is 10.4. The van der Waals surface area contributed by atoms with Gasteiger partial charge in [-0.25, -0.2) is 0 Å². The summed E-state index contributed by atoms with van der Waals surface area (Å²) < 4.78 is 7.90. The quantitative estimate of drug-likeness (QED) is 0.789. The molecule has 1 aromatic carbocycles. The molecule has 1 aromatic heterocycles. The minimum absolute atomic E-state index is 0.0620. The molecule has 2 heterocycles. The van der Waals surface area contributed by atoms with Gasteiger partial charge in [-0.15, -0.1) is 10.2 Å². The van der Waals surface area contributed by atoms with Gasteiger partial charge in [0.15, 0.2) is 6.61 Å². The lowest BCUT2D eigenvalue weighted by atomic mass is 9.67. The second-order valence-corrected chi connectivity index (χ2v) is 8.54. The van der Waals surface area contributed by atoms with Crippen LogP contribution in [0.2, 0.25) is 0 Å². The summed E-state index contributed by atoms with van der Waals surface area (Å²) >= 11 is 0. The number of hydrogen-bond donors (Lipinski definition) is 0. The fourth-order valence-electron chi connectivity index (χ4n) is 4.93. The van der Waals surface area contributed by atoms with E-state index in [1.807, 2.05) is 41.6 Å². The minimum atomic E-state index is 0.0620. The molecule has 1 amide bonds. The third-order valence-corrected chi connectivity index (χ3v) is 6.42. The van der Waals surface area contributed by atoms with Gasteiger partial charge >= 0.3 is 0 Å². The standard InChI is InChI=1S/C22H30N4O2/c1-17(2)26-16-23-24-21(26)19-13-25(15-22(19)11-7-4-8-12-22)20(27)14-28-18-9-5-3-6-10-18/h3,5-6,9-10,16-17,19H,4,7-8,11-15H2,1-2H3. The van der Waals surface area contributed by atoms with E-state index in [0.29, 0.717) is 12.6 Å². The van der Waals surface area contributed by atoms with Crippen molar-refractivity contribution in [2.45, 2.75) is 57.9 Å². The molecule has 150 valence electrons. The van der Waals surface area contributed by atoms with Crippen LogP contribution in [-0.2, 0) is 4.79 Å². The Balaban J connectivity index is 1.53. The number of likely N-dealkylation sites (tertiary alicyclic amines) is 1. The third-order valence-electron chi connectivity index (χ3n) is 6.42. The summed E-state index contributed by atoms with van der Waals surface area (Å²) in [5.74, 6) is 2.08. The lowest BCUT2D eigenvalue weighted by Crippen LogP contribution is -2.36. The Morgan fingerprint density at radius 3 is 2.68 bits per heavy atom. The molecule has 2 fully saturated rings. The molecule has 1 aliphatic carbocycles. The maximum atomic E-state index is 12.9. The van der Waals surface area contributed by atoms with E-state index in [9.17, 15) is 4.79 Å². The second-order valence-electron chi connectivity index (χ2n) is 8.54. The fraction of sp³-hybridized carbons (Fsp3) is 0.591. The minimum Gasteiger partial charge on any atom is -0.484 e. The smallest absolute Gasteiger partial charge is 0.260 e. The largest absolute Gasteiger partial charge is 0.484 e. The number of benzene rings is 1. The van der Waals surface area contributed by atoms with Gasteiger partial charge in [0.2, 0.25) is 0 Å². The zero-order valence-corrected chi connectivity index (χ0v) is 16.9. The van der Waals surface area contributed by atoms with Crippen LogP contribution in [0, 0.1) is 5.41 Å². The van der Waals surface area contributed by atoms with Crippen LogP contribution >= 0.6 is 0 Å². The molecule has 1 atom stereocenters. The number of amides is 1. The number of rotatable bonds is 5. The highest BCUT2D eigenvalue weighted by atomic mass is 16.5. The van der Waals surface area contributed by atoms with Gasteiger partial charge in [-0.3, -0.25) is 4.79 Å². The van der Waals surface area contributed by atoms with E-state index in [4.69, 9.17) is 4.74 Å². The molecule has 2 aliphatic rings. The van der Waals surface area contributed by atoms with Crippen molar-refractivity contribution < 1.29 is 9.53 Å². The van der Waals surface area contributed by atoms with Crippen LogP contribution in [0.3, 0.4) is 0 Å². The van der Waals surface area contributed by atoms with Gasteiger partial charge < -0.3 is 14.2 Å². The summed E-state index contributed by atoms with van der Waals surface area (Å²) in [7, 11) is 0. The molecular weight excluding hydrogens is 352 g/mol. The summed E-state index contributed by atoms with van der Waals surface area (Å²) in [5, 5.41) is 8.70. The van der Waals surface area contributed by atoms with Crippen LogP contribution in [0.25, 0.3) is 0 Å². The number of ether oxygens (including phenoxy) is 1. The number of hydrogen-bond acceptors (Lipinski definition) is 4. The highest BCUT2D eigenvalue weighted by Crippen LogP contribution is 2.51. The summed E-state index contributed by atoms with van der Waals surface area (Å²) in [5.41, 5.74) is 0.125. The highest BCUT2D eigenvalue weighted by Gasteiger charge is 2.50. The van der Waals surface area contributed by atoms with E-state index in [2.05, 4.69) is 28.6 Å². The Labute approximate surface area is 166 Å². The van der Waals surface area contributed by atoms with Crippen LogP contribution in [0.15, 0.2) is 36.7 Å². The van der Waals surface area contributed by atoms with Gasteiger partial charge in [0, 0.05) is 25.0 Å². The molecule has 1 aliphatic heterocycles. The lowest BCUT2D eigenvalue weighted by molar-refractivity contribution is -0.132.